The molecule has 0 radical (unpaired) electrons. The molecule has 0 N–H and O–H groups in total. The summed E-state index contributed by atoms with van der Waals surface area (Å²) in [5, 5.41) is 0. The van der Waals surface area contributed by atoms with Gasteiger partial charge in [-0.25, -0.2) is 0 Å². The minimum atomic E-state index is -0.397. The molecular weight excluding hydrogens is 168 g/mol. The Bertz CT molecular complexity index is 226. The summed E-state index contributed by atoms with van der Waals surface area (Å²) in [6.07, 6.45) is 3.10. The first-order valence-electron chi connectivity index (χ1n) is 5.13. The van der Waals surface area contributed by atoms with Crippen molar-refractivity contribution < 1.29 is 14.2 Å². The van der Waals surface area contributed by atoms with Crippen molar-refractivity contribution in [1.29, 1.82) is 0 Å². The van der Waals surface area contributed by atoms with Gasteiger partial charge in [0.25, 0.3) is 0 Å². The largest absolute Gasteiger partial charge is 0.375 e. The zero-order valence-electron chi connectivity index (χ0n) is 8.16. The zero-order chi connectivity index (χ0) is 9.05. The summed E-state index contributed by atoms with van der Waals surface area (Å²) in [6, 6.07) is 0. The molecule has 1 aliphatic carbocycles. The lowest BCUT2D eigenvalue weighted by Gasteiger charge is -2.21. The molecule has 2 heterocycles. The summed E-state index contributed by atoms with van der Waals surface area (Å²) < 4.78 is 17.3. The fraction of sp³-hybridized carbons (Fsp3) is 1.00. The van der Waals surface area contributed by atoms with Crippen molar-refractivity contribution >= 4 is 0 Å². The molecule has 0 aromatic carbocycles. The van der Waals surface area contributed by atoms with E-state index < -0.39 is 5.79 Å². The maximum Gasteiger partial charge on any atom is 0.163 e. The molecule has 0 aromatic heterocycles. The van der Waals surface area contributed by atoms with Crippen molar-refractivity contribution in [3.8, 4) is 0 Å². The van der Waals surface area contributed by atoms with Gasteiger partial charge in [-0.15, -0.1) is 0 Å². The van der Waals surface area contributed by atoms with Crippen molar-refractivity contribution in [2.75, 3.05) is 6.61 Å². The van der Waals surface area contributed by atoms with Gasteiger partial charge in [-0.05, 0) is 32.6 Å². The lowest BCUT2D eigenvalue weighted by atomic mass is 10.0. The number of fused-ring (bicyclic) bond motifs is 3. The van der Waals surface area contributed by atoms with Gasteiger partial charge in [0, 0.05) is 6.61 Å². The Morgan fingerprint density at radius 2 is 2.00 bits per heavy atom. The Balaban J connectivity index is 1.81. The van der Waals surface area contributed by atoms with E-state index in [1.807, 2.05) is 13.8 Å². The van der Waals surface area contributed by atoms with Crippen LogP contribution in [-0.4, -0.2) is 30.7 Å². The Morgan fingerprint density at radius 3 is 2.85 bits per heavy atom. The second-order valence-corrected chi connectivity index (χ2v) is 4.76. The van der Waals surface area contributed by atoms with Crippen LogP contribution in [0.2, 0.25) is 0 Å². The van der Waals surface area contributed by atoms with Crippen LogP contribution in [0.25, 0.3) is 0 Å². The Kier molecular flexibility index (Phi) is 1.56. The van der Waals surface area contributed by atoms with Crippen molar-refractivity contribution in [2.24, 2.45) is 5.92 Å². The Labute approximate surface area is 78.3 Å². The number of ether oxygens (including phenoxy) is 3. The molecule has 0 bridgehead atoms. The van der Waals surface area contributed by atoms with Crippen molar-refractivity contribution in [2.45, 2.75) is 50.8 Å². The lowest BCUT2D eigenvalue weighted by Crippen LogP contribution is -2.30. The highest BCUT2D eigenvalue weighted by Crippen LogP contribution is 2.45. The smallest absolute Gasteiger partial charge is 0.163 e. The fourth-order valence-electron chi connectivity index (χ4n) is 2.89. The summed E-state index contributed by atoms with van der Waals surface area (Å²) in [5.41, 5.74) is 0. The third-order valence-corrected chi connectivity index (χ3v) is 3.34. The quantitative estimate of drug-likeness (QED) is 0.568. The summed E-state index contributed by atoms with van der Waals surface area (Å²) in [6.45, 7) is 4.87. The second kappa shape index (κ2) is 2.47. The minimum absolute atomic E-state index is 0.197. The third kappa shape index (κ3) is 1.14. The van der Waals surface area contributed by atoms with Gasteiger partial charge in [-0.1, -0.05) is 0 Å². The second-order valence-electron chi connectivity index (χ2n) is 4.76. The van der Waals surface area contributed by atoms with Gasteiger partial charge < -0.3 is 14.2 Å². The topological polar surface area (TPSA) is 27.7 Å². The monoisotopic (exact) mass is 184 g/mol. The molecule has 3 heteroatoms. The molecule has 4 atom stereocenters. The zero-order valence-corrected chi connectivity index (χ0v) is 8.16. The summed E-state index contributed by atoms with van der Waals surface area (Å²) in [4.78, 5) is 0. The normalized spacial score (nSPS) is 52.2. The van der Waals surface area contributed by atoms with Gasteiger partial charge in [-0.2, -0.15) is 0 Å². The molecule has 2 aliphatic heterocycles. The van der Waals surface area contributed by atoms with Crippen LogP contribution in [-0.2, 0) is 14.2 Å². The van der Waals surface area contributed by atoms with Gasteiger partial charge in [0.2, 0.25) is 0 Å². The molecule has 3 aliphatic rings. The van der Waals surface area contributed by atoms with Gasteiger partial charge in [0.05, 0.1) is 12.2 Å². The first-order valence-corrected chi connectivity index (χ1v) is 5.13. The molecule has 3 nitrogen and oxygen atoms in total. The average molecular weight is 184 g/mol. The first-order chi connectivity index (χ1) is 6.16. The van der Waals surface area contributed by atoms with Crippen molar-refractivity contribution in [3.63, 3.8) is 0 Å². The molecule has 13 heavy (non-hydrogen) atoms. The molecule has 74 valence electrons. The molecule has 1 saturated carbocycles. The SMILES string of the molecule is CC1(C)O[C@@H]2[C@H]3OCC[C@H]3C[C@@H]2O1. The van der Waals surface area contributed by atoms with E-state index >= 15 is 0 Å². The van der Waals surface area contributed by atoms with Gasteiger partial charge in [-0.3, -0.25) is 0 Å². The number of rotatable bonds is 0. The average Bonchev–Trinajstić information content (AvgIpc) is 2.58. The van der Waals surface area contributed by atoms with Crippen molar-refractivity contribution in [1.82, 2.24) is 0 Å². The van der Waals surface area contributed by atoms with Crippen LogP contribution in [0.1, 0.15) is 26.7 Å². The Morgan fingerprint density at radius 1 is 1.15 bits per heavy atom. The van der Waals surface area contributed by atoms with Crippen LogP contribution in [0.5, 0.6) is 0 Å². The molecule has 2 saturated heterocycles. The van der Waals surface area contributed by atoms with E-state index in [9.17, 15) is 0 Å². The maximum atomic E-state index is 5.84. The molecule has 0 unspecified atom stereocenters. The van der Waals surface area contributed by atoms with E-state index in [-0.39, 0.29) is 12.2 Å². The predicted molar refractivity (Wildman–Crippen MR) is 46.3 cm³/mol. The maximum absolute atomic E-state index is 5.84. The van der Waals surface area contributed by atoms with Crippen LogP contribution in [0.15, 0.2) is 0 Å². The predicted octanol–water partition coefficient (Wildman–Crippen LogP) is 1.32. The molecule has 0 aromatic rings. The molecule has 0 amide bonds. The van der Waals surface area contributed by atoms with E-state index in [4.69, 9.17) is 14.2 Å². The van der Waals surface area contributed by atoms with Crippen LogP contribution < -0.4 is 0 Å². The van der Waals surface area contributed by atoms with E-state index in [1.54, 1.807) is 0 Å². The van der Waals surface area contributed by atoms with Crippen LogP contribution in [0, 0.1) is 5.92 Å². The Hall–Kier alpha value is -0.120. The standard InChI is InChI=1S/C10H16O3/c1-10(2)12-7-5-6-3-4-11-8(6)9(7)13-10/h6-9H,3-5H2,1-2H3/t6-,7-,8-,9-/m0/s1. The van der Waals surface area contributed by atoms with Crippen LogP contribution in [0.4, 0.5) is 0 Å². The highest BCUT2D eigenvalue weighted by molar-refractivity contribution is 5.00. The van der Waals surface area contributed by atoms with E-state index in [1.165, 1.54) is 6.42 Å². The highest BCUT2D eigenvalue weighted by atomic mass is 16.8. The summed E-state index contributed by atoms with van der Waals surface area (Å²) >= 11 is 0. The molecule has 0 spiro atoms. The van der Waals surface area contributed by atoms with E-state index in [0.717, 1.165) is 13.0 Å². The highest BCUT2D eigenvalue weighted by Gasteiger charge is 2.55. The molecule has 3 fully saturated rings. The van der Waals surface area contributed by atoms with Gasteiger partial charge in [0.15, 0.2) is 5.79 Å². The van der Waals surface area contributed by atoms with E-state index in [2.05, 4.69) is 0 Å². The molecular formula is C10H16O3. The van der Waals surface area contributed by atoms with Crippen LogP contribution >= 0.6 is 0 Å². The summed E-state index contributed by atoms with van der Waals surface area (Å²) in [7, 11) is 0. The fourth-order valence-corrected chi connectivity index (χ4v) is 2.89. The third-order valence-electron chi connectivity index (χ3n) is 3.34. The minimum Gasteiger partial charge on any atom is -0.375 e. The van der Waals surface area contributed by atoms with Gasteiger partial charge >= 0.3 is 0 Å². The number of hydrogen-bond donors (Lipinski definition) is 0. The van der Waals surface area contributed by atoms with Gasteiger partial charge in [0.1, 0.15) is 6.10 Å². The van der Waals surface area contributed by atoms with Crippen LogP contribution in [0.3, 0.4) is 0 Å². The lowest BCUT2D eigenvalue weighted by molar-refractivity contribution is -0.165. The van der Waals surface area contributed by atoms with Crippen molar-refractivity contribution in [3.05, 3.63) is 0 Å². The number of hydrogen-bond acceptors (Lipinski definition) is 3. The first kappa shape index (κ1) is 8.21. The van der Waals surface area contributed by atoms with E-state index in [0.29, 0.717) is 12.0 Å². The summed E-state index contributed by atoms with van der Waals surface area (Å²) in [5.74, 6) is 0.290. The molecule has 3 rings (SSSR count).